The first kappa shape index (κ1) is 13.1. The number of hydrogen-bond acceptors (Lipinski definition) is 6. The van der Waals surface area contributed by atoms with Crippen LogP contribution in [0.1, 0.15) is 13.3 Å². The number of para-hydroxylation sites is 1. The molecular weight excluding hydrogens is 244 g/mol. The molecule has 0 spiro atoms. The van der Waals surface area contributed by atoms with Crippen LogP contribution in [0.5, 0.6) is 17.8 Å². The van der Waals surface area contributed by atoms with Gasteiger partial charge in [0.05, 0.1) is 7.11 Å². The van der Waals surface area contributed by atoms with E-state index in [-0.39, 0.29) is 12.0 Å². The Labute approximate surface area is 111 Å². The van der Waals surface area contributed by atoms with E-state index in [1.54, 1.807) is 0 Å². The second kappa shape index (κ2) is 6.53. The average molecular weight is 260 g/mol. The molecule has 2 rings (SSSR count). The lowest BCUT2D eigenvalue weighted by Gasteiger charge is -2.08. The Morgan fingerprint density at radius 1 is 1.05 bits per heavy atom. The van der Waals surface area contributed by atoms with Crippen LogP contribution in [-0.2, 0) is 0 Å². The van der Waals surface area contributed by atoms with Gasteiger partial charge in [0.25, 0.3) is 0 Å². The zero-order valence-electron chi connectivity index (χ0n) is 11.0. The summed E-state index contributed by atoms with van der Waals surface area (Å²) in [7, 11) is 1.51. The Morgan fingerprint density at radius 2 is 1.79 bits per heavy atom. The molecule has 19 heavy (non-hydrogen) atoms. The molecule has 0 fully saturated rings. The molecule has 0 aliphatic carbocycles. The Morgan fingerprint density at radius 3 is 2.47 bits per heavy atom. The zero-order valence-corrected chi connectivity index (χ0v) is 11.0. The van der Waals surface area contributed by atoms with Crippen LogP contribution >= 0.6 is 0 Å². The SMILES string of the molecule is CCCNc1nc(OC)nc(Oc2ccccc2)n1. The molecule has 1 aromatic carbocycles. The summed E-state index contributed by atoms with van der Waals surface area (Å²) in [5.41, 5.74) is 0. The molecule has 0 saturated heterocycles. The second-order valence-electron chi connectivity index (χ2n) is 3.77. The number of nitrogens with one attached hydrogen (secondary N) is 1. The molecule has 1 heterocycles. The van der Waals surface area contributed by atoms with Crippen LogP contribution in [-0.4, -0.2) is 28.6 Å². The Hall–Kier alpha value is -2.37. The summed E-state index contributed by atoms with van der Waals surface area (Å²) in [4.78, 5) is 12.3. The van der Waals surface area contributed by atoms with E-state index in [1.807, 2.05) is 30.3 Å². The number of anilines is 1. The van der Waals surface area contributed by atoms with E-state index in [1.165, 1.54) is 7.11 Å². The van der Waals surface area contributed by atoms with Gasteiger partial charge in [-0.3, -0.25) is 0 Å². The lowest BCUT2D eigenvalue weighted by molar-refractivity contribution is 0.360. The van der Waals surface area contributed by atoms with Gasteiger partial charge in [-0.05, 0) is 18.6 Å². The van der Waals surface area contributed by atoms with Gasteiger partial charge in [-0.2, -0.15) is 9.97 Å². The topological polar surface area (TPSA) is 69.2 Å². The Balaban J connectivity index is 2.19. The Bertz CT molecular complexity index is 519. The van der Waals surface area contributed by atoms with Gasteiger partial charge in [0, 0.05) is 6.54 Å². The number of rotatable bonds is 6. The van der Waals surface area contributed by atoms with Gasteiger partial charge in [0.2, 0.25) is 5.95 Å². The number of aromatic nitrogens is 3. The van der Waals surface area contributed by atoms with E-state index in [4.69, 9.17) is 9.47 Å². The highest BCUT2D eigenvalue weighted by molar-refractivity contribution is 5.30. The largest absolute Gasteiger partial charge is 0.467 e. The number of benzene rings is 1. The molecule has 0 aliphatic heterocycles. The van der Waals surface area contributed by atoms with Crippen LogP contribution in [0, 0.1) is 0 Å². The summed E-state index contributed by atoms with van der Waals surface area (Å²) in [6, 6.07) is 9.75. The fraction of sp³-hybridized carbons (Fsp3) is 0.308. The molecular formula is C13H16N4O2. The first-order valence-corrected chi connectivity index (χ1v) is 6.08. The van der Waals surface area contributed by atoms with Crippen LogP contribution in [0.25, 0.3) is 0 Å². The molecule has 1 aromatic heterocycles. The van der Waals surface area contributed by atoms with Crippen LogP contribution < -0.4 is 14.8 Å². The van der Waals surface area contributed by atoms with Crippen molar-refractivity contribution in [3.63, 3.8) is 0 Å². The first-order chi connectivity index (χ1) is 9.31. The van der Waals surface area contributed by atoms with Crippen molar-refractivity contribution < 1.29 is 9.47 Å². The van der Waals surface area contributed by atoms with Crippen molar-refractivity contribution in [1.29, 1.82) is 0 Å². The highest BCUT2D eigenvalue weighted by Gasteiger charge is 2.08. The van der Waals surface area contributed by atoms with Crippen LogP contribution in [0.2, 0.25) is 0 Å². The number of methoxy groups -OCH3 is 1. The predicted octanol–water partition coefficient (Wildman–Crippen LogP) is 2.49. The van der Waals surface area contributed by atoms with E-state index in [0.29, 0.717) is 11.7 Å². The maximum Gasteiger partial charge on any atom is 0.330 e. The highest BCUT2D eigenvalue weighted by atomic mass is 16.5. The van der Waals surface area contributed by atoms with Crippen molar-refractivity contribution in [2.45, 2.75) is 13.3 Å². The average Bonchev–Trinajstić information content (AvgIpc) is 2.46. The molecule has 6 nitrogen and oxygen atoms in total. The van der Waals surface area contributed by atoms with Crippen LogP contribution in [0.3, 0.4) is 0 Å². The standard InChI is InChI=1S/C13H16N4O2/c1-3-9-14-11-15-12(18-2)17-13(16-11)19-10-7-5-4-6-8-10/h4-8H,3,9H2,1-2H3,(H,14,15,16,17). The van der Waals surface area contributed by atoms with E-state index in [2.05, 4.69) is 27.2 Å². The molecule has 0 aliphatic rings. The summed E-state index contributed by atoms with van der Waals surface area (Å²) in [5.74, 6) is 1.11. The minimum atomic E-state index is 0.205. The molecule has 0 unspecified atom stereocenters. The second-order valence-corrected chi connectivity index (χ2v) is 3.77. The monoisotopic (exact) mass is 260 g/mol. The maximum absolute atomic E-state index is 5.56. The molecule has 0 radical (unpaired) electrons. The minimum Gasteiger partial charge on any atom is -0.467 e. The van der Waals surface area contributed by atoms with E-state index in [0.717, 1.165) is 13.0 Å². The summed E-state index contributed by atoms with van der Waals surface area (Å²) < 4.78 is 10.6. The smallest absolute Gasteiger partial charge is 0.330 e. The molecule has 1 N–H and O–H groups in total. The number of nitrogens with zero attached hydrogens (tertiary/aromatic N) is 3. The van der Waals surface area contributed by atoms with Crippen molar-refractivity contribution in [2.24, 2.45) is 0 Å². The molecule has 100 valence electrons. The third kappa shape index (κ3) is 3.80. The molecule has 0 atom stereocenters. The highest BCUT2D eigenvalue weighted by Crippen LogP contribution is 2.19. The van der Waals surface area contributed by atoms with Gasteiger partial charge >= 0.3 is 12.0 Å². The first-order valence-electron chi connectivity index (χ1n) is 6.08. The van der Waals surface area contributed by atoms with Crippen LogP contribution in [0.15, 0.2) is 30.3 Å². The van der Waals surface area contributed by atoms with Crippen molar-refractivity contribution in [1.82, 2.24) is 15.0 Å². The summed E-state index contributed by atoms with van der Waals surface area (Å²) in [6.07, 6.45) is 0.975. The van der Waals surface area contributed by atoms with Gasteiger partial charge in [0.15, 0.2) is 0 Å². The van der Waals surface area contributed by atoms with Gasteiger partial charge < -0.3 is 14.8 Å². The number of hydrogen-bond donors (Lipinski definition) is 1. The fourth-order valence-corrected chi connectivity index (χ4v) is 1.38. The van der Waals surface area contributed by atoms with E-state index in [9.17, 15) is 0 Å². The van der Waals surface area contributed by atoms with Gasteiger partial charge in [-0.25, -0.2) is 0 Å². The van der Waals surface area contributed by atoms with Crippen molar-refractivity contribution in [3.05, 3.63) is 30.3 Å². The normalized spacial score (nSPS) is 10.0. The molecule has 0 amide bonds. The van der Waals surface area contributed by atoms with E-state index < -0.39 is 0 Å². The summed E-state index contributed by atoms with van der Waals surface area (Å²) in [6.45, 7) is 2.84. The lowest BCUT2D eigenvalue weighted by atomic mass is 10.3. The molecule has 0 bridgehead atoms. The molecule has 6 heteroatoms. The lowest BCUT2D eigenvalue weighted by Crippen LogP contribution is -2.07. The van der Waals surface area contributed by atoms with Crippen molar-refractivity contribution >= 4 is 5.95 Å². The summed E-state index contributed by atoms with van der Waals surface area (Å²) >= 11 is 0. The van der Waals surface area contributed by atoms with Gasteiger partial charge in [0.1, 0.15) is 5.75 Å². The van der Waals surface area contributed by atoms with E-state index >= 15 is 0 Å². The van der Waals surface area contributed by atoms with Crippen molar-refractivity contribution in [2.75, 3.05) is 19.0 Å². The minimum absolute atomic E-state index is 0.205. The number of ether oxygens (including phenoxy) is 2. The molecule has 2 aromatic rings. The van der Waals surface area contributed by atoms with Gasteiger partial charge in [-0.1, -0.05) is 25.1 Å². The van der Waals surface area contributed by atoms with Crippen LogP contribution in [0.4, 0.5) is 5.95 Å². The predicted molar refractivity (Wildman–Crippen MR) is 71.7 cm³/mol. The Kier molecular flexibility index (Phi) is 4.49. The van der Waals surface area contributed by atoms with Gasteiger partial charge in [-0.15, -0.1) is 4.98 Å². The summed E-state index contributed by atoms with van der Waals surface area (Å²) in [5, 5.41) is 3.07. The fourth-order valence-electron chi connectivity index (χ4n) is 1.38. The van der Waals surface area contributed by atoms with Crippen molar-refractivity contribution in [3.8, 4) is 17.8 Å². The third-order valence-corrected chi connectivity index (χ3v) is 2.26. The maximum atomic E-state index is 5.56. The molecule has 0 saturated carbocycles. The third-order valence-electron chi connectivity index (χ3n) is 2.26. The zero-order chi connectivity index (χ0) is 13.5. The quantitative estimate of drug-likeness (QED) is 0.860.